The molecule has 3 rings (SSSR count). The lowest BCUT2D eigenvalue weighted by Gasteiger charge is -2.18. The summed E-state index contributed by atoms with van der Waals surface area (Å²) in [7, 11) is 3.22. The summed E-state index contributed by atoms with van der Waals surface area (Å²) in [5.74, 6) is 2.52. The summed E-state index contributed by atoms with van der Waals surface area (Å²) in [6, 6.07) is 7.17. The average Bonchev–Trinajstić information content (AvgIpc) is 3.29. The lowest BCUT2D eigenvalue weighted by molar-refractivity contribution is -0.367. The first-order valence-electron chi connectivity index (χ1n) is 9.43. The lowest BCUT2D eigenvalue weighted by Crippen LogP contribution is -2.30. The van der Waals surface area contributed by atoms with E-state index < -0.39 is 10.0 Å². The molecular formula is C20H28N3O5S+. The van der Waals surface area contributed by atoms with Crippen LogP contribution in [0.5, 0.6) is 17.2 Å². The Morgan fingerprint density at radius 2 is 1.69 bits per heavy atom. The van der Waals surface area contributed by atoms with Crippen LogP contribution < -0.4 is 24.1 Å². The normalized spacial score (nSPS) is 14.6. The maximum Gasteiger partial charge on any atom is 0.274 e. The van der Waals surface area contributed by atoms with Gasteiger partial charge in [0.05, 0.1) is 28.4 Å². The second-order valence-electron chi connectivity index (χ2n) is 6.87. The van der Waals surface area contributed by atoms with Crippen LogP contribution in [-0.2, 0) is 16.6 Å². The summed E-state index contributed by atoms with van der Waals surface area (Å²) in [5, 5.41) is 0. The third-order valence-corrected chi connectivity index (χ3v) is 6.97. The topological polar surface area (TPSA) is 82.5 Å². The second-order valence-corrected chi connectivity index (χ2v) is 8.81. The number of hydrogen-bond donors (Lipinski definition) is 0. The highest BCUT2D eigenvalue weighted by molar-refractivity contribution is 7.89. The molecule has 1 aliphatic heterocycles. The van der Waals surface area contributed by atoms with E-state index in [1.165, 1.54) is 4.31 Å². The van der Waals surface area contributed by atoms with Gasteiger partial charge in [0, 0.05) is 24.7 Å². The standard InChI is InChI=1S/C20H27N3O5S/c1-22(14-15-7-9-17(26-2)20(28-4)19(15)27-3)18-10-8-16(13-21-18)29(24,25)23-11-5-6-12-23/h7-10,13H,5-6,11-12,14H2,1-4H3/p+1. The van der Waals surface area contributed by atoms with Crippen molar-refractivity contribution in [1.29, 1.82) is 0 Å². The summed E-state index contributed by atoms with van der Waals surface area (Å²) >= 11 is 0. The minimum Gasteiger partial charge on any atom is -0.493 e. The molecule has 158 valence electrons. The quantitative estimate of drug-likeness (QED) is 0.647. The van der Waals surface area contributed by atoms with Crippen LogP contribution >= 0.6 is 0 Å². The Morgan fingerprint density at radius 1 is 1.00 bits per heavy atom. The monoisotopic (exact) mass is 422 g/mol. The van der Waals surface area contributed by atoms with E-state index in [0.717, 1.165) is 24.2 Å². The van der Waals surface area contributed by atoms with E-state index in [-0.39, 0.29) is 4.90 Å². The van der Waals surface area contributed by atoms with Crippen LogP contribution in [0.3, 0.4) is 0 Å². The molecule has 0 saturated carbocycles. The van der Waals surface area contributed by atoms with E-state index in [2.05, 4.69) is 4.98 Å². The van der Waals surface area contributed by atoms with Crippen LogP contribution in [0.15, 0.2) is 35.4 Å². The molecule has 29 heavy (non-hydrogen) atoms. The number of aromatic nitrogens is 1. The Labute approximate surface area is 172 Å². The van der Waals surface area contributed by atoms with Crippen molar-refractivity contribution in [1.82, 2.24) is 4.31 Å². The third kappa shape index (κ3) is 4.25. The van der Waals surface area contributed by atoms with Gasteiger partial charge in [-0.1, -0.05) is 0 Å². The number of nitrogens with one attached hydrogen (secondary N) is 1. The van der Waals surface area contributed by atoms with Crippen molar-refractivity contribution in [3.8, 4) is 17.2 Å². The Balaban J connectivity index is 1.80. The number of ether oxygens (including phenoxy) is 3. The van der Waals surface area contributed by atoms with E-state index in [0.29, 0.717) is 36.9 Å². The van der Waals surface area contributed by atoms with Crippen molar-refractivity contribution < 1.29 is 27.6 Å². The summed E-state index contributed by atoms with van der Waals surface area (Å²) in [5.41, 5.74) is 0.912. The predicted molar refractivity (Wildman–Crippen MR) is 109 cm³/mol. The van der Waals surface area contributed by atoms with Gasteiger partial charge in [-0.05, 0) is 31.0 Å². The van der Waals surface area contributed by atoms with Crippen LogP contribution in [0.2, 0.25) is 0 Å². The van der Waals surface area contributed by atoms with Gasteiger partial charge in [0.1, 0.15) is 17.6 Å². The Morgan fingerprint density at radius 3 is 2.24 bits per heavy atom. The minimum atomic E-state index is -3.43. The molecule has 0 unspecified atom stereocenters. The summed E-state index contributed by atoms with van der Waals surface area (Å²) in [4.78, 5) is 5.34. The van der Waals surface area contributed by atoms with E-state index in [1.54, 1.807) is 39.7 Å². The van der Waals surface area contributed by atoms with Gasteiger partial charge in [0.15, 0.2) is 11.5 Å². The van der Waals surface area contributed by atoms with Gasteiger partial charge in [-0.2, -0.15) is 4.31 Å². The number of benzene rings is 1. The SMILES string of the molecule is COc1ccc(CN(C)c2ccc(S(=O)(=O)N3CCCC3)c[nH+]2)c(OC)c1OC. The predicted octanol–water partition coefficient (Wildman–Crippen LogP) is 1.95. The van der Waals surface area contributed by atoms with Gasteiger partial charge in [0.25, 0.3) is 5.82 Å². The highest BCUT2D eigenvalue weighted by Gasteiger charge is 2.28. The van der Waals surface area contributed by atoms with E-state index >= 15 is 0 Å². The molecule has 2 heterocycles. The number of pyridine rings is 1. The first kappa shape index (κ1) is 21.2. The zero-order valence-corrected chi connectivity index (χ0v) is 18.1. The fourth-order valence-electron chi connectivity index (χ4n) is 3.51. The fraction of sp³-hybridized carbons (Fsp3) is 0.450. The van der Waals surface area contributed by atoms with Gasteiger partial charge in [-0.15, -0.1) is 0 Å². The minimum absolute atomic E-state index is 0.278. The fourth-order valence-corrected chi connectivity index (χ4v) is 4.99. The van der Waals surface area contributed by atoms with Crippen molar-refractivity contribution in [2.24, 2.45) is 0 Å². The molecule has 0 atom stereocenters. The molecule has 0 amide bonds. The average molecular weight is 423 g/mol. The number of aromatic amines is 1. The van der Waals surface area contributed by atoms with Crippen molar-refractivity contribution >= 4 is 15.8 Å². The first-order valence-corrected chi connectivity index (χ1v) is 10.9. The maximum atomic E-state index is 12.7. The molecule has 1 fully saturated rings. The number of H-pyrrole nitrogens is 1. The molecular weight excluding hydrogens is 394 g/mol. The van der Waals surface area contributed by atoms with E-state index in [9.17, 15) is 8.42 Å². The molecule has 0 spiro atoms. The Hall–Kier alpha value is -2.52. The summed E-state index contributed by atoms with van der Waals surface area (Å²) in [6.07, 6.45) is 3.37. The Kier molecular flexibility index (Phi) is 6.49. The molecule has 1 aromatic carbocycles. The van der Waals surface area contributed by atoms with Crippen molar-refractivity contribution in [3.63, 3.8) is 0 Å². The van der Waals surface area contributed by atoms with Gasteiger partial charge in [-0.3, -0.25) is 4.90 Å². The van der Waals surface area contributed by atoms with Crippen molar-refractivity contribution in [2.45, 2.75) is 24.3 Å². The van der Waals surface area contributed by atoms with Crippen LogP contribution in [0.4, 0.5) is 5.82 Å². The molecule has 1 N–H and O–H groups in total. The molecule has 2 aromatic rings. The van der Waals surface area contributed by atoms with Crippen molar-refractivity contribution in [2.75, 3.05) is 46.4 Å². The van der Waals surface area contributed by atoms with Gasteiger partial charge in [-0.25, -0.2) is 13.4 Å². The highest BCUT2D eigenvalue weighted by Crippen LogP contribution is 2.40. The van der Waals surface area contributed by atoms with Crippen LogP contribution in [-0.4, -0.2) is 54.2 Å². The second kappa shape index (κ2) is 8.87. The van der Waals surface area contributed by atoms with E-state index in [1.807, 2.05) is 24.1 Å². The molecule has 9 heteroatoms. The van der Waals surface area contributed by atoms with Gasteiger partial charge in [0.2, 0.25) is 15.8 Å². The zero-order valence-electron chi connectivity index (χ0n) is 17.3. The number of anilines is 1. The number of rotatable bonds is 8. The van der Waals surface area contributed by atoms with Crippen LogP contribution in [0, 0.1) is 0 Å². The van der Waals surface area contributed by atoms with Crippen molar-refractivity contribution in [3.05, 3.63) is 36.0 Å². The molecule has 1 saturated heterocycles. The summed E-state index contributed by atoms with van der Waals surface area (Å²) in [6.45, 7) is 1.70. The van der Waals surface area contributed by atoms with Crippen LogP contribution in [0.25, 0.3) is 0 Å². The maximum absolute atomic E-state index is 12.7. The zero-order chi connectivity index (χ0) is 21.0. The molecule has 1 aromatic heterocycles. The smallest absolute Gasteiger partial charge is 0.274 e. The third-order valence-electron chi connectivity index (χ3n) is 5.08. The number of sulfonamides is 1. The van der Waals surface area contributed by atoms with Gasteiger partial charge >= 0.3 is 0 Å². The van der Waals surface area contributed by atoms with E-state index in [4.69, 9.17) is 14.2 Å². The summed E-state index contributed by atoms with van der Waals surface area (Å²) < 4.78 is 43.2. The number of methoxy groups -OCH3 is 3. The highest BCUT2D eigenvalue weighted by atomic mass is 32.2. The molecule has 8 nitrogen and oxygen atoms in total. The molecule has 1 aliphatic rings. The molecule has 0 aliphatic carbocycles. The largest absolute Gasteiger partial charge is 0.493 e. The first-order chi connectivity index (χ1) is 13.9. The molecule has 0 radical (unpaired) electrons. The Bertz CT molecular complexity index is 941. The lowest BCUT2D eigenvalue weighted by atomic mass is 10.1. The molecule has 0 bridgehead atoms. The van der Waals surface area contributed by atoms with Crippen LogP contribution in [0.1, 0.15) is 18.4 Å². The number of hydrogen-bond acceptors (Lipinski definition) is 6. The van der Waals surface area contributed by atoms with Gasteiger partial charge < -0.3 is 14.2 Å². The number of nitrogens with zero attached hydrogens (tertiary/aromatic N) is 2.